The van der Waals surface area contributed by atoms with Crippen LogP contribution >= 0.6 is 15.9 Å². The molecule has 0 aromatic heterocycles. The van der Waals surface area contributed by atoms with Crippen LogP contribution in [0.2, 0.25) is 0 Å². The number of ether oxygens (including phenoxy) is 1. The molecule has 1 aromatic carbocycles. The van der Waals surface area contributed by atoms with Crippen LogP contribution in [0.5, 0.6) is 5.75 Å². The molecule has 0 amide bonds. The second-order valence-electron chi connectivity index (χ2n) is 5.60. The molecule has 20 heavy (non-hydrogen) atoms. The van der Waals surface area contributed by atoms with E-state index < -0.39 is 0 Å². The van der Waals surface area contributed by atoms with Gasteiger partial charge in [-0.1, -0.05) is 15.9 Å². The molecule has 0 radical (unpaired) electrons. The molecule has 1 unspecified atom stereocenters. The summed E-state index contributed by atoms with van der Waals surface area (Å²) in [6.45, 7) is 13.1. The Bertz CT molecular complexity index is 496. The lowest BCUT2D eigenvalue weighted by Gasteiger charge is -2.35. The molecular formula is C16H25BrN2O. The summed E-state index contributed by atoms with van der Waals surface area (Å²) in [4.78, 5) is 2.53. The average molecular weight is 341 g/mol. The van der Waals surface area contributed by atoms with Crippen molar-refractivity contribution in [3.63, 3.8) is 0 Å². The van der Waals surface area contributed by atoms with Gasteiger partial charge >= 0.3 is 0 Å². The van der Waals surface area contributed by atoms with E-state index in [-0.39, 0.29) is 0 Å². The van der Waals surface area contributed by atoms with Crippen LogP contribution in [0.1, 0.15) is 35.2 Å². The Kier molecular flexibility index (Phi) is 5.10. The van der Waals surface area contributed by atoms with E-state index in [1.165, 1.54) is 26.7 Å². The molecule has 1 aliphatic heterocycles. The molecule has 112 valence electrons. The van der Waals surface area contributed by atoms with Gasteiger partial charge in [-0.05, 0) is 44.4 Å². The lowest BCUT2D eigenvalue weighted by Crippen LogP contribution is -2.44. The lowest BCUT2D eigenvalue weighted by molar-refractivity contribution is 0.182. The van der Waals surface area contributed by atoms with Gasteiger partial charge in [-0.2, -0.15) is 0 Å². The summed E-state index contributed by atoms with van der Waals surface area (Å²) in [7, 11) is 1.78. The highest BCUT2D eigenvalue weighted by Gasteiger charge is 2.25. The Hall–Kier alpha value is -0.580. The van der Waals surface area contributed by atoms with Crippen molar-refractivity contribution < 1.29 is 4.74 Å². The first kappa shape index (κ1) is 15.8. The fraction of sp³-hybridized carbons (Fsp3) is 0.625. The Morgan fingerprint density at radius 2 is 1.70 bits per heavy atom. The second-order valence-corrected chi connectivity index (χ2v) is 6.39. The third-order valence-electron chi connectivity index (χ3n) is 4.53. The molecular weight excluding hydrogens is 316 g/mol. The van der Waals surface area contributed by atoms with Crippen LogP contribution < -0.4 is 10.1 Å². The summed E-state index contributed by atoms with van der Waals surface area (Å²) >= 11 is 3.75. The van der Waals surface area contributed by atoms with Gasteiger partial charge in [-0.3, -0.25) is 4.90 Å². The molecule has 1 saturated heterocycles. The SMILES string of the molecule is COc1c(C)c(C)c(Br)c(C)c1C(C)N1CCNCC1. The van der Waals surface area contributed by atoms with Gasteiger partial charge in [-0.15, -0.1) is 0 Å². The molecule has 1 aromatic rings. The maximum Gasteiger partial charge on any atom is 0.127 e. The molecule has 0 spiro atoms. The minimum absolute atomic E-state index is 0.377. The van der Waals surface area contributed by atoms with E-state index in [9.17, 15) is 0 Å². The summed E-state index contributed by atoms with van der Waals surface area (Å²) in [5.41, 5.74) is 5.14. The first-order valence-electron chi connectivity index (χ1n) is 7.27. The molecule has 1 fully saturated rings. The highest BCUT2D eigenvalue weighted by molar-refractivity contribution is 9.10. The van der Waals surface area contributed by atoms with E-state index in [0.717, 1.165) is 31.9 Å². The van der Waals surface area contributed by atoms with E-state index in [1.54, 1.807) is 7.11 Å². The van der Waals surface area contributed by atoms with Gasteiger partial charge in [0.05, 0.1) is 7.11 Å². The lowest BCUT2D eigenvalue weighted by atomic mass is 9.93. The first-order valence-corrected chi connectivity index (χ1v) is 8.06. The molecule has 0 aliphatic carbocycles. The molecule has 1 N–H and O–H groups in total. The van der Waals surface area contributed by atoms with Crippen LogP contribution in [-0.4, -0.2) is 38.2 Å². The summed E-state index contributed by atoms with van der Waals surface area (Å²) < 4.78 is 6.96. The number of nitrogens with one attached hydrogen (secondary N) is 1. The second kappa shape index (κ2) is 6.46. The Morgan fingerprint density at radius 3 is 2.25 bits per heavy atom. The highest BCUT2D eigenvalue weighted by Crippen LogP contribution is 2.40. The molecule has 1 aliphatic rings. The van der Waals surface area contributed by atoms with Crippen molar-refractivity contribution in [3.05, 3.63) is 26.7 Å². The molecule has 3 nitrogen and oxygen atoms in total. The smallest absolute Gasteiger partial charge is 0.127 e. The number of methoxy groups -OCH3 is 1. The summed E-state index contributed by atoms with van der Waals surface area (Å²) in [6, 6.07) is 0.377. The van der Waals surface area contributed by atoms with Gasteiger partial charge in [0.25, 0.3) is 0 Å². The zero-order chi connectivity index (χ0) is 14.9. The van der Waals surface area contributed by atoms with Crippen molar-refractivity contribution in [1.29, 1.82) is 0 Å². The minimum Gasteiger partial charge on any atom is -0.496 e. The summed E-state index contributed by atoms with van der Waals surface area (Å²) in [6.07, 6.45) is 0. The molecule has 0 bridgehead atoms. The van der Waals surface area contributed by atoms with E-state index in [0.29, 0.717) is 6.04 Å². The van der Waals surface area contributed by atoms with E-state index >= 15 is 0 Å². The van der Waals surface area contributed by atoms with Crippen LogP contribution in [0.3, 0.4) is 0 Å². The monoisotopic (exact) mass is 340 g/mol. The normalized spacial score (nSPS) is 18.1. The quantitative estimate of drug-likeness (QED) is 0.913. The van der Waals surface area contributed by atoms with Crippen molar-refractivity contribution in [2.24, 2.45) is 0 Å². The maximum atomic E-state index is 5.74. The highest BCUT2D eigenvalue weighted by atomic mass is 79.9. The Morgan fingerprint density at radius 1 is 1.10 bits per heavy atom. The fourth-order valence-corrected chi connectivity index (χ4v) is 3.64. The van der Waals surface area contributed by atoms with Crippen molar-refractivity contribution in [2.45, 2.75) is 33.7 Å². The number of hydrogen-bond acceptors (Lipinski definition) is 3. The summed E-state index contributed by atoms with van der Waals surface area (Å²) in [5, 5.41) is 3.41. The summed E-state index contributed by atoms with van der Waals surface area (Å²) in [5.74, 6) is 1.05. The number of piperazine rings is 1. The average Bonchev–Trinajstić information content (AvgIpc) is 2.48. The first-order chi connectivity index (χ1) is 9.49. The predicted octanol–water partition coefficient (Wildman–Crippen LogP) is 3.35. The van der Waals surface area contributed by atoms with Gasteiger partial charge in [0.2, 0.25) is 0 Å². The molecule has 0 saturated carbocycles. The minimum atomic E-state index is 0.377. The number of benzene rings is 1. The Balaban J connectivity index is 2.48. The predicted molar refractivity (Wildman–Crippen MR) is 87.8 cm³/mol. The van der Waals surface area contributed by atoms with E-state index in [1.807, 2.05) is 0 Å². The van der Waals surface area contributed by atoms with E-state index in [4.69, 9.17) is 4.74 Å². The van der Waals surface area contributed by atoms with Gasteiger partial charge in [0.15, 0.2) is 0 Å². The van der Waals surface area contributed by atoms with Crippen LogP contribution in [0.15, 0.2) is 4.47 Å². The number of hydrogen-bond donors (Lipinski definition) is 1. The zero-order valence-corrected chi connectivity index (χ0v) is 14.7. The third kappa shape index (κ3) is 2.74. The molecule has 1 heterocycles. The van der Waals surface area contributed by atoms with Crippen molar-refractivity contribution in [1.82, 2.24) is 10.2 Å². The molecule has 4 heteroatoms. The number of halogens is 1. The maximum absolute atomic E-state index is 5.74. The number of rotatable bonds is 3. The van der Waals surface area contributed by atoms with Crippen LogP contribution in [0.25, 0.3) is 0 Å². The van der Waals surface area contributed by atoms with Crippen LogP contribution in [0.4, 0.5) is 0 Å². The zero-order valence-electron chi connectivity index (χ0n) is 13.1. The van der Waals surface area contributed by atoms with Crippen molar-refractivity contribution >= 4 is 15.9 Å². The number of nitrogens with zero attached hydrogens (tertiary/aromatic N) is 1. The van der Waals surface area contributed by atoms with Gasteiger partial charge < -0.3 is 10.1 Å². The van der Waals surface area contributed by atoms with Gasteiger partial charge in [0.1, 0.15) is 5.75 Å². The van der Waals surface area contributed by atoms with Crippen molar-refractivity contribution in [2.75, 3.05) is 33.3 Å². The standard InChI is InChI=1S/C16H25BrN2O/c1-10-11(2)16(20-5)14(12(3)15(10)17)13(4)19-8-6-18-7-9-19/h13,18H,6-9H2,1-5H3. The topological polar surface area (TPSA) is 24.5 Å². The largest absolute Gasteiger partial charge is 0.496 e. The van der Waals surface area contributed by atoms with Crippen LogP contribution in [0, 0.1) is 20.8 Å². The van der Waals surface area contributed by atoms with Gasteiger partial charge in [-0.25, -0.2) is 0 Å². The fourth-order valence-electron chi connectivity index (χ4n) is 3.12. The Labute approximate surface area is 130 Å². The van der Waals surface area contributed by atoms with E-state index in [2.05, 4.69) is 53.8 Å². The van der Waals surface area contributed by atoms with Crippen molar-refractivity contribution in [3.8, 4) is 5.75 Å². The molecule has 1 atom stereocenters. The van der Waals surface area contributed by atoms with Gasteiger partial charge in [0, 0.05) is 42.3 Å². The molecule has 2 rings (SSSR count). The van der Waals surface area contributed by atoms with Crippen LogP contribution in [-0.2, 0) is 0 Å². The third-order valence-corrected chi connectivity index (χ3v) is 5.72.